The first-order valence-electron chi connectivity index (χ1n) is 14.0. The third-order valence-corrected chi connectivity index (χ3v) is 9.75. The lowest BCUT2D eigenvalue weighted by Gasteiger charge is -2.33. The van der Waals surface area contributed by atoms with Gasteiger partial charge >= 0.3 is 0 Å². The summed E-state index contributed by atoms with van der Waals surface area (Å²) in [6.45, 7) is 1.94. The fraction of sp³-hybridized carbons (Fsp3) is 0.312. The van der Waals surface area contributed by atoms with Crippen molar-refractivity contribution in [3.05, 3.63) is 113 Å². The largest absolute Gasteiger partial charge is 0.337 e. The standard InChI is InChI=1S/C32H32F2N4O3S/c1-21-7-6-10-24(17-21)42(40,41)36-29-13-14-32(33,34)28-12-11-23(18-27(28)29)38(20-30-35-15-16-37(30)2)31(39)26-19-25(26)22-8-4-3-5-9-22/h3-12,15-18,25-26,29,36H,13-14,19-20H2,1-2H3/t25-,26+,29+/m1/s1. The number of hydrogen-bond acceptors (Lipinski definition) is 4. The molecule has 6 rings (SSSR count). The number of benzene rings is 3. The van der Waals surface area contributed by atoms with Gasteiger partial charge in [0.05, 0.1) is 11.4 Å². The Morgan fingerprint density at radius 2 is 1.88 bits per heavy atom. The third kappa shape index (κ3) is 5.48. The van der Waals surface area contributed by atoms with E-state index in [9.17, 15) is 13.2 Å². The zero-order chi connectivity index (χ0) is 29.6. The first kappa shape index (κ1) is 28.2. The van der Waals surface area contributed by atoms with Crippen molar-refractivity contribution in [1.82, 2.24) is 14.3 Å². The molecule has 0 aliphatic heterocycles. The maximum atomic E-state index is 15.1. The maximum absolute atomic E-state index is 15.1. The molecule has 3 atom stereocenters. The number of nitrogens with zero attached hydrogens (tertiary/aromatic N) is 3. The number of carbonyl (C=O) groups is 1. The molecule has 1 N–H and O–H groups in total. The van der Waals surface area contributed by atoms with Crippen LogP contribution in [0.4, 0.5) is 14.5 Å². The molecule has 1 aromatic heterocycles. The first-order valence-corrected chi connectivity index (χ1v) is 15.5. The highest BCUT2D eigenvalue weighted by Crippen LogP contribution is 2.50. The van der Waals surface area contributed by atoms with Crippen molar-refractivity contribution in [2.45, 2.75) is 55.5 Å². The zero-order valence-electron chi connectivity index (χ0n) is 23.4. The van der Waals surface area contributed by atoms with Crippen molar-refractivity contribution in [3.8, 4) is 0 Å². The van der Waals surface area contributed by atoms with Crippen molar-refractivity contribution in [1.29, 1.82) is 0 Å². The van der Waals surface area contributed by atoms with Crippen LogP contribution in [0, 0.1) is 12.8 Å². The molecule has 1 saturated carbocycles. The summed E-state index contributed by atoms with van der Waals surface area (Å²) in [5.74, 6) is -2.77. The summed E-state index contributed by atoms with van der Waals surface area (Å²) in [6, 6.07) is 19.8. The Morgan fingerprint density at radius 1 is 1.10 bits per heavy atom. The van der Waals surface area contributed by atoms with E-state index in [-0.39, 0.29) is 46.7 Å². The normalized spacial score (nSPS) is 21.0. The van der Waals surface area contributed by atoms with Crippen molar-refractivity contribution in [3.63, 3.8) is 0 Å². The van der Waals surface area contributed by atoms with Gasteiger partial charge in [0.2, 0.25) is 15.9 Å². The molecule has 1 fully saturated rings. The molecular weight excluding hydrogens is 558 g/mol. The van der Waals surface area contributed by atoms with Crippen LogP contribution in [0.3, 0.4) is 0 Å². The van der Waals surface area contributed by atoms with Crippen LogP contribution in [-0.2, 0) is 34.3 Å². The van der Waals surface area contributed by atoms with Gasteiger partial charge in [-0.15, -0.1) is 0 Å². The second kappa shape index (κ2) is 10.7. The van der Waals surface area contributed by atoms with Crippen molar-refractivity contribution < 1.29 is 22.0 Å². The topological polar surface area (TPSA) is 84.3 Å². The molecule has 3 aromatic carbocycles. The van der Waals surface area contributed by atoms with Crippen LogP contribution in [-0.4, -0.2) is 23.9 Å². The number of alkyl halides is 2. The van der Waals surface area contributed by atoms with Crippen LogP contribution in [0.5, 0.6) is 0 Å². The number of anilines is 1. The molecular formula is C32H32F2N4O3S. The smallest absolute Gasteiger partial charge is 0.273 e. The van der Waals surface area contributed by atoms with Crippen LogP contribution >= 0.6 is 0 Å². The van der Waals surface area contributed by atoms with E-state index >= 15 is 8.78 Å². The van der Waals surface area contributed by atoms with Crippen molar-refractivity contribution in [2.75, 3.05) is 4.90 Å². The number of halogens is 2. The molecule has 218 valence electrons. The number of aromatic nitrogens is 2. The minimum Gasteiger partial charge on any atom is -0.337 e. The number of hydrogen-bond donors (Lipinski definition) is 1. The van der Waals surface area contributed by atoms with Gasteiger partial charge < -0.3 is 9.47 Å². The minimum atomic E-state index is -3.99. The predicted molar refractivity (Wildman–Crippen MR) is 155 cm³/mol. The number of imidazole rings is 1. The van der Waals surface area contributed by atoms with Gasteiger partial charge in [0.15, 0.2) is 0 Å². The Bertz CT molecular complexity index is 1740. The lowest BCUT2D eigenvalue weighted by Crippen LogP contribution is -2.36. The molecule has 2 aliphatic carbocycles. The fourth-order valence-electron chi connectivity index (χ4n) is 5.84. The Labute approximate surface area is 244 Å². The molecule has 0 unspecified atom stereocenters. The SMILES string of the molecule is Cc1cccc(S(=O)(=O)N[C@H]2CCC(F)(F)c3ccc(N(Cc4nccn4C)C(=O)[C@H]4C[C@@H]4c4ccccc4)cc32)c1. The van der Waals surface area contributed by atoms with Gasteiger partial charge in [0.1, 0.15) is 5.82 Å². The van der Waals surface area contributed by atoms with E-state index in [0.717, 1.165) is 11.1 Å². The Kier molecular flexibility index (Phi) is 7.22. The number of nitrogens with one attached hydrogen (secondary N) is 1. The second-order valence-corrected chi connectivity index (χ2v) is 13.0. The Balaban J connectivity index is 1.36. The molecule has 0 spiro atoms. The fourth-order valence-corrected chi connectivity index (χ4v) is 7.19. The lowest BCUT2D eigenvalue weighted by atomic mass is 9.85. The summed E-state index contributed by atoms with van der Waals surface area (Å²) < 4.78 is 61.3. The number of aryl methyl sites for hydroxylation is 2. The van der Waals surface area contributed by atoms with E-state index in [0.29, 0.717) is 17.9 Å². The third-order valence-electron chi connectivity index (χ3n) is 8.28. The number of amides is 1. The molecule has 0 saturated heterocycles. The van der Waals surface area contributed by atoms with E-state index in [1.165, 1.54) is 18.2 Å². The van der Waals surface area contributed by atoms with E-state index in [1.807, 2.05) is 41.9 Å². The van der Waals surface area contributed by atoms with Crippen LogP contribution in [0.25, 0.3) is 0 Å². The van der Waals surface area contributed by atoms with E-state index in [2.05, 4.69) is 9.71 Å². The molecule has 0 bridgehead atoms. The molecule has 10 heteroatoms. The van der Waals surface area contributed by atoms with E-state index < -0.39 is 28.4 Å². The molecule has 42 heavy (non-hydrogen) atoms. The number of rotatable bonds is 8. The molecule has 1 amide bonds. The highest BCUT2D eigenvalue weighted by molar-refractivity contribution is 7.89. The summed E-state index contributed by atoms with van der Waals surface area (Å²) in [7, 11) is -2.16. The quantitative estimate of drug-likeness (QED) is 0.274. The first-order chi connectivity index (χ1) is 20.0. The molecule has 0 radical (unpaired) electrons. The number of sulfonamides is 1. The minimum absolute atomic E-state index is 0.0739. The summed E-state index contributed by atoms with van der Waals surface area (Å²) in [4.78, 5) is 20.0. The van der Waals surface area contributed by atoms with Gasteiger partial charge in [-0.2, -0.15) is 0 Å². The summed E-state index contributed by atoms with van der Waals surface area (Å²) in [6.07, 6.45) is 3.55. The van der Waals surface area contributed by atoms with Crippen molar-refractivity contribution in [2.24, 2.45) is 13.0 Å². The van der Waals surface area contributed by atoms with Crippen LogP contribution in [0.2, 0.25) is 0 Å². The van der Waals surface area contributed by atoms with Gasteiger partial charge in [-0.3, -0.25) is 4.79 Å². The summed E-state index contributed by atoms with van der Waals surface area (Å²) >= 11 is 0. The molecule has 2 aliphatic rings. The van der Waals surface area contributed by atoms with Gasteiger partial charge in [-0.05, 0) is 66.6 Å². The van der Waals surface area contributed by atoms with Gasteiger partial charge in [0.25, 0.3) is 5.92 Å². The van der Waals surface area contributed by atoms with Gasteiger partial charge in [0, 0.05) is 49.1 Å². The van der Waals surface area contributed by atoms with Crippen LogP contribution in [0.1, 0.15) is 59.3 Å². The summed E-state index contributed by atoms with van der Waals surface area (Å²) in [5, 5.41) is 0. The Morgan fingerprint density at radius 3 is 2.60 bits per heavy atom. The summed E-state index contributed by atoms with van der Waals surface area (Å²) in [5.41, 5.74) is 2.23. The van der Waals surface area contributed by atoms with E-state index in [1.54, 1.807) is 48.5 Å². The lowest BCUT2D eigenvalue weighted by molar-refractivity contribution is -0.120. The van der Waals surface area contributed by atoms with E-state index in [4.69, 9.17) is 0 Å². The van der Waals surface area contributed by atoms with Gasteiger partial charge in [-0.25, -0.2) is 26.9 Å². The molecule has 1 heterocycles. The van der Waals surface area contributed by atoms with Gasteiger partial charge in [-0.1, -0.05) is 48.5 Å². The molecule has 4 aromatic rings. The van der Waals surface area contributed by atoms with Crippen LogP contribution in [0.15, 0.2) is 90.1 Å². The Hall–Kier alpha value is -3.89. The number of carbonyl (C=O) groups excluding carboxylic acids is 1. The second-order valence-electron chi connectivity index (χ2n) is 11.2. The molecule has 7 nitrogen and oxygen atoms in total. The van der Waals surface area contributed by atoms with Crippen LogP contribution < -0.4 is 9.62 Å². The average Bonchev–Trinajstić information content (AvgIpc) is 3.68. The highest BCUT2D eigenvalue weighted by Gasteiger charge is 2.47. The maximum Gasteiger partial charge on any atom is 0.273 e. The van der Waals surface area contributed by atoms with Crippen molar-refractivity contribution >= 4 is 21.6 Å². The predicted octanol–water partition coefficient (Wildman–Crippen LogP) is 5.97. The monoisotopic (exact) mass is 590 g/mol. The zero-order valence-corrected chi connectivity index (χ0v) is 24.2. The number of fused-ring (bicyclic) bond motifs is 1. The average molecular weight is 591 g/mol. The highest BCUT2D eigenvalue weighted by atomic mass is 32.2.